The Morgan fingerprint density at radius 1 is 1.43 bits per heavy atom. The zero-order valence-electron chi connectivity index (χ0n) is 5.62. The minimum atomic E-state index is 0. The van der Waals surface area contributed by atoms with Gasteiger partial charge >= 0.3 is 0 Å². The van der Waals surface area contributed by atoms with Crippen molar-refractivity contribution in [3.63, 3.8) is 0 Å². The fourth-order valence-electron chi connectivity index (χ4n) is 0.500. The van der Waals surface area contributed by atoms with Gasteiger partial charge in [0.05, 0.1) is 0 Å². The van der Waals surface area contributed by atoms with Crippen LogP contribution in [0.3, 0.4) is 0 Å². The molecule has 0 spiro atoms. The number of hydrogen-bond acceptors (Lipinski definition) is 0. The van der Waals surface area contributed by atoms with Crippen molar-refractivity contribution in [1.29, 1.82) is 0 Å². The van der Waals surface area contributed by atoms with Crippen molar-refractivity contribution >= 4 is 9.52 Å². The summed E-state index contributed by atoms with van der Waals surface area (Å²) in [5.41, 5.74) is 0. The molecule has 0 aromatic rings. The Morgan fingerprint density at radius 2 is 1.86 bits per heavy atom. The van der Waals surface area contributed by atoms with E-state index in [4.69, 9.17) is 0 Å². The maximum Gasteiger partial charge on any atom is 0 e. The van der Waals surface area contributed by atoms with Gasteiger partial charge in [-0.15, -0.1) is 0 Å². The van der Waals surface area contributed by atoms with Crippen molar-refractivity contribution in [2.75, 3.05) is 0 Å². The van der Waals surface area contributed by atoms with Gasteiger partial charge in [0.2, 0.25) is 0 Å². The molecule has 0 bridgehead atoms. The van der Waals surface area contributed by atoms with E-state index in [-0.39, 0.29) is 27.3 Å². The van der Waals surface area contributed by atoms with Gasteiger partial charge in [0.25, 0.3) is 0 Å². The van der Waals surface area contributed by atoms with Gasteiger partial charge in [-0.3, -0.25) is 0 Å². The van der Waals surface area contributed by atoms with E-state index in [1.165, 1.54) is 6.04 Å². The molecule has 0 aliphatic heterocycles. The van der Waals surface area contributed by atoms with Gasteiger partial charge in [0.15, 0.2) is 0 Å². The molecule has 0 aromatic carbocycles. The third kappa shape index (κ3) is 11.0. The van der Waals surface area contributed by atoms with Crippen LogP contribution in [0.5, 0.6) is 0 Å². The van der Waals surface area contributed by atoms with Gasteiger partial charge in [-0.2, -0.15) is 19.9 Å². The molecule has 0 rings (SSSR count). The maximum atomic E-state index is 2.34. The van der Waals surface area contributed by atoms with Gasteiger partial charge < -0.3 is 5.92 Å². The molecule has 0 fully saturated rings. The second-order valence-corrected chi connectivity index (χ2v) is 3.46. The summed E-state index contributed by atoms with van der Waals surface area (Å²) in [6, 6.07) is 1.43. The predicted octanol–water partition coefficient (Wildman–Crippen LogP) is 1.23. The van der Waals surface area contributed by atoms with Crippen molar-refractivity contribution in [3.05, 3.63) is 5.92 Å². The summed E-state index contributed by atoms with van der Waals surface area (Å²) in [6.07, 6.45) is 0. The quantitative estimate of drug-likeness (QED) is 0.478. The van der Waals surface area contributed by atoms with Crippen LogP contribution in [0.15, 0.2) is 0 Å². The monoisotopic (exact) mass is 215 g/mol. The minimum absolute atomic E-state index is 0. The third-order valence-corrected chi connectivity index (χ3v) is 2.25. The van der Waals surface area contributed by atoms with Gasteiger partial charge in [-0.25, -0.2) is 0 Å². The smallest absolute Gasteiger partial charge is 0 e. The summed E-state index contributed by atoms with van der Waals surface area (Å²) in [5.74, 6) is 1.60. The van der Waals surface area contributed by atoms with Gasteiger partial charge in [0, 0.05) is 27.3 Å². The molecule has 0 aliphatic carbocycles. The van der Waals surface area contributed by atoms with Gasteiger partial charge in [-0.1, -0.05) is 6.55 Å². The van der Waals surface area contributed by atoms with Crippen LogP contribution < -0.4 is 0 Å². The second kappa shape index (κ2) is 7.14. The molecule has 0 saturated heterocycles. The van der Waals surface area contributed by atoms with Crippen LogP contribution in [-0.2, 0) is 27.3 Å². The molecule has 0 heterocycles. The fourth-order valence-corrected chi connectivity index (χ4v) is 1.50. The molecular weight excluding hydrogens is 201 g/mol. The summed E-state index contributed by atoms with van der Waals surface area (Å²) in [6.45, 7) is 6.75. The van der Waals surface area contributed by atoms with E-state index >= 15 is 0 Å². The fraction of sp³-hybridized carbons (Fsp3) is 0.800. The largest absolute Gasteiger partial charge is 0.323 e. The van der Waals surface area contributed by atoms with E-state index in [2.05, 4.69) is 20.4 Å². The van der Waals surface area contributed by atoms with Crippen LogP contribution in [-0.4, -0.2) is 9.52 Å². The summed E-state index contributed by atoms with van der Waals surface area (Å²) >= 11 is 0. The Kier molecular flexibility index (Phi) is 11.2. The van der Waals surface area contributed by atoms with Crippen LogP contribution in [0, 0.1) is 5.92 Å². The van der Waals surface area contributed by atoms with Crippen molar-refractivity contribution in [1.82, 2.24) is 0 Å². The van der Waals surface area contributed by atoms with Gasteiger partial charge in [-0.05, 0) is 9.52 Å². The van der Waals surface area contributed by atoms with E-state index in [0.29, 0.717) is 9.52 Å². The molecule has 0 N–H and O–H groups in total. The van der Waals surface area contributed by atoms with E-state index in [0.717, 1.165) is 0 Å². The summed E-state index contributed by atoms with van der Waals surface area (Å²) in [7, 11) is 0.329. The van der Waals surface area contributed by atoms with Crippen LogP contribution in [0.1, 0.15) is 13.8 Å². The first-order valence-corrected chi connectivity index (χ1v) is 4.97. The summed E-state index contributed by atoms with van der Waals surface area (Å²) in [5, 5.41) is 0. The van der Waals surface area contributed by atoms with Crippen LogP contribution in [0.2, 0.25) is 12.6 Å². The number of hydrogen-bond donors (Lipinski definition) is 0. The van der Waals surface area contributed by atoms with Gasteiger partial charge in [0.1, 0.15) is 0 Å². The molecule has 0 radical (unpaired) electrons. The minimum Gasteiger partial charge on any atom is -0.323 e. The molecule has 0 aliphatic rings. The SMILES string of the molecule is C[SiH2]C[C-](C)C.[Cd]. The molecular formula is C5H13CdSi-. The molecule has 2 heteroatoms. The van der Waals surface area contributed by atoms with Crippen LogP contribution in [0.25, 0.3) is 0 Å². The first-order chi connectivity index (χ1) is 2.77. The van der Waals surface area contributed by atoms with E-state index in [1.54, 1.807) is 5.92 Å². The number of rotatable bonds is 2. The normalized spacial score (nSPS) is 10.3. The Morgan fingerprint density at radius 3 is 1.86 bits per heavy atom. The maximum absolute atomic E-state index is 2.34. The van der Waals surface area contributed by atoms with Crippen LogP contribution >= 0.6 is 0 Å². The Labute approximate surface area is 69.1 Å². The van der Waals surface area contributed by atoms with E-state index in [9.17, 15) is 0 Å². The second-order valence-electron chi connectivity index (χ2n) is 1.96. The molecule has 0 amide bonds. The molecule has 0 nitrogen and oxygen atoms in total. The van der Waals surface area contributed by atoms with Crippen molar-refractivity contribution in [3.8, 4) is 0 Å². The third-order valence-electron chi connectivity index (χ3n) is 0.750. The molecule has 7 heavy (non-hydrogen) atoms. The van der Waals surface area contributed by atoms with Crippen molar-refractivity contribution < 1.29 is 27.3 Å². The average molecular weight is 214 g/mol. The molecule has 0 aromatic heterocycles. The standard InChI is InChI=1S/C5H13Si.Cd/c1-5(2)4-6-3;/h4,6H2,1-3H3;/q-1;. The summed E-state index contributed by atoms with van der Waals surface area (Å²) in [4.78, 5) is 0. The Hall–Kier alpha value is 1.14. The van der Waals surface area contributed by atoms with E-state index in [1.807, 2.05) is 0 Å². The molecule has 40 valence electrons. The van der Waals surface area contributed by atoms with Crippen LogP contribution in [0.4, 0.5) is 0 Å². The zero-order chi connectivity index (χ0) is 4.99. The first-order valence-electron chi connectivity index (χ1n) is 2.56. The van der Waals surface area contributed by atoms with Crippen molar-refractivity contribution in [2.24, 2.45) is 0 Å². The average Bonchev–Trinajstić information content (AvgIpc) is 1.35. The van der Waals surface area contributed by atoms with Crippen molar-refractivity contribution in [2.45, 2.75) is 26.4 Å². The van der Waals surface area contributed by atoms with E-state index < -0.39 is 0 Å². The zero-order valence-corrected chi connectivity index (χ0v) is 11.1. The molecule has 0 saturated carbocycles. The first kappa shape index (κ1) is 11.0. The Balaban J connectivity index is 0. The predicted molar refractivity (Wildman–Crippen MR) is 33.8 cm³/mol. The topological polar surface area (TPSA) is 0 Å². The summed E-state index contributed by atoms with van der Waals surface area (Å²) < 4.78 is 0. The Bertz CT molecular complexity index is 29.3. The molecule has 0 unspecified atom stereocenters. The molecule has 0 atom stereocenters.